The molecule has 0 spiro atoms. The van der Waals surface area contributed by atoms with Crippen LogP contribution in [0, 0.1) is 0 Å². The Balaban J connectivity index is 0.00000129. The summed E-state index contributed by atoms with van der Waals surface area (Å²) in [5.41, 5.74) is 6.25. The molecule has 3 rings (SSSR count). The number of amides is 2. The minimum Gasteiger partial charge on any atom is -0.477 e. The third kappa shape index (κ3) is 5.79. The third-order valence-corrected chi connectivity index (χ3v) is 6.99. The predicted octanol–water partition coefficient (Wildman–Crippen LogP) is -1.49. The van der Waals surface area contributed by atoms with Gasteiger partial charge in [0.25, 0.3) is 5.91 Å². The average Bonchev–Trinajstić information content (AvgIpc) is 2.75. The van der Waals surface area contributed by atoms with Gasteiger partial charge in [0, 0.05) is 19.0 Å². The number of nitrogens with one attached hydrogen (secondary N) is 2. The number of nitrogens with zero attached hydrogens (tertiary/aromatic N) is 1. The number of fused-ring (bicyclic) bond motifs is 1. The fraction of sp³-hybridized carbons (Fsp3) is 0.429. The molecule has 0 aliphatic carbocycles. The number of hydrogen-bond acceptors (Lipinski definition) is 9. The van der Waals surface area contributed by atoms with E-state index in [0.29, 0.717) is 10.5 Å². The Labute approximate surface area is 197 Å². The van der Waals surface area contributed by atoms with Crippen LogP contribution in [0.25, 0.3) is 0 Å². The fourth-order valence-electron chi connectivity index (χ4n) is 3.65. The number of nitrogens with two attached hydrogens (primary N) is 1. The molecule has 2 amide bonds. The summed E-state index contributed by atoms with van der Waals surface area (Å²) in [4.78, 5) is 48.5. The summed E-state index contributed by atoms with van der Waals surface area (Å²) >= 11 is 0. The Morgan fingerprint density at radius 2 is 1.79 bits per heavy atom. The Morgan fingerprint density at radius 1 is 1.21 bits per heavy atom. The average molecular weight is 497 g/mol. The van der Waals surface area contributed by atoms with E-state index in [1.807, 2.05) is 14.1 Å². The molecule has 1 fully saturated rings. The molecule has 12 nitrogen and oxygen atoms in total. The Kier molecular flexibility index (Phi) is 8.90. The second-order valence-corrected chi connectivity index (χ2v) is 9.74. The lowest BCUT2D eigenvalue weighted by Crippen LogP contribution is -2.75. The number of β-lactam (4-membered cyclic amide) rings is 1. The molecule has 2 aliphatic heterocycles. The molecule has 0 radical (unpaired) electrons. The summed E-state index contributed by atoms with van der Waals surface area (Å²) in [5, 5.41) is 13.1. The minimum absolute atomic E-state index is 0.122. The van der Waals surface area contributed by atoms with Crippen molar-refractivity contribution in [3.63, 3.8) is 0 Å². The van der Waals surface area contributed by atoms with Gasteiger partial charge in [-0.05, 0) is 25.2 Å². The van der Waals surface area contributed by atoms with Crippen molar-refractivity contribution in [1.82, 2.24) is 15.5 Å². The van der Waals surface area contributed by atoms with Crippen molar-refractivity contribution in [2.75, 3.05) is 26.5 Å². The van der Waals surface area contributed by atoms with Crippen LogP contribution < -0.4 is 16.4 Å². The summed E-state index contributed by atoms with van der Waals surface area (Å²) in [5.74, 6) is -4.43. The van der Waals surface area contributed by atoms with E-state index in [2.05, 4.69) is 10.6 Å². The number of sulfone groups is 1. The summed E-state index contributed by atoms with van der Waals surface area (Å²) in [7, 11) is -0.293. The predicted molar refractivity (Wildman–Crippen MR) is 121 cm³/mol. The molecule has 2 aliphatic rings. The van der Waals surface area contributed by atoms with Crippen LogP contribution in [0.1, 0.15) is 18.1 Å². The molecular formula is C21H28N4O8S. The molecule has 2 atom stereocenters. The molecule has 0 aromatic heterocycles. The number of benzene rings is 1. The van der Waals surface area contributed by atoms with E-state index in [4.69, 9.17) is 10.5 Å². The van der Waals surface area contributed by atoms with Gasteiger partial charge in [-0.1, -0.05) is 24.3 Å². The van der Waals surface area contributed by atoms with Crippen LogP contribution in [0.2, 0.25) is 0 Å². The van der Waals surface area contributed by atoms with Crippen molar-refractivity contribution in [2.24, 2.45) is 5.73 Å². The van der Waals surface area contributed by atoms with Crippen LogP contribution in [-0.2, 0) is 46.7 Å². The van der Waals surface area contributed by atoms with Crippen molar-refractivity contribution in [3.05, 3.63) is 46.7 Å². The smallest absolute Gasteiger partial charge is 0.352 e. The molecule has 186 valence electrons. The van der Waals surface area contributed by atoms with Crippen molar-refractivity contribution in [2.45, 2.75) is 31.3 Å². The largest absolute Gasteiger partial charge is 0.477 e. The van der Waals surface area contributed by atoms with Crippen molar-refractivity contribution >= 4 is 33.6 Å². The van der Waals surface area contributed by atoms with Crippen molar-refractivity contribution in [3.8, 4) is 0 Å². The van der Waals surface area contributed by atoms with Gasteiger partial charge in [0.15, 0.2) is 15.2 Å². The van der Waals surface area contributed by atoms with Gasteiger partial charge in [-0.3, -0.25) is 19.3 Å². The highest BCUT2D eigenvalue weighted by molar-refractivity contribution is 7.92. The number of hydrogen-bond donors (Lipinski definition) is 4. The number of carboxylic acid groups (broad SMARTS) is 1. The maximum absolute atomic E-state index is 12.7. The first-order chi connectivity index (χ1) is 16.0. The van der Waals surface area contributed by atoms with Gasteiger partial charge in [-0.15, -0.1) is 0 Å². The van der Waals surface area contributed by atoms with E-state index in [0.717, 1.165) is 12.5 Å². The number of carboxylic acids is 1. The van der Waals surface area contributed by atoms with Crippen LogP contribution in [0.4, 0.5) is 0 Å². The maximum Gasteiger partial charge on any atom is 0.352 e. The number of rotatable bonds is 7. The molecule has 5 N–H and O–H groups in total. The lowest BCUT2D eigenvalue weighted by Gasteiger charge is -2.49. The van der Waals surface area contributed by atoms with E-state index >= 15 is 0 Å². The lowest BCUT2D eigenvalue weighted by atomic mass is 10.0. The summed E-state index contributed by atoms with van der Waals surface area (Å²) in [6.07, 6.45) is -0.122. The van der Waals surface area contributed by atoms with Gasteiger partial charge in [0.05, 0.1) is 12.2 Å². The second kappa shape index (κ2) is 11.2. The topological polar surface area (TPSA) is 185 Å². The molecule has 2 heterocycles. The summed E-state index contributed by atoms with van der Waals surface area (Å²) < 4.78 is 30.2. The van der Waals surface area contributed by atoms with E-state index in [-0.39, 0.29) is 18.5 Å². The summed E-state index contributed by atoms with van der Waals surface area (Å²) in [6.45, 7) is 0.721. The molecule has 0 bridgehead atoms. The zero-order valence-electron chi connectivity index (χ0n) is 19.0. The zero-order valence-corrected chi connectivity index (χ0v) is 19.8. The minimum atomic E-state index is -4.04. The highest BCUT2D eigenvalue weighted by atomic mass is 32.2. The van der Waals surface area contributed by atoms with Gasteiger partial charge >= 0.3 is 11.9 Å². The zero-order chi connectivity index (χ0) is 25.6. The van der Waals surface area contributed by atoms with E-state index < -0.39 is 63.1 Å². The van der Waals surface area contributed by atoms with Crippen LogP contribution in [0.5, 0.6) is 0 Å². The number of ether oxygens (including phenoxy) is 1. The number of carbonyl (C=O) groups excluding carboxylic acids is 3. The van der Waals surface area contributed by atoms with Crippen molar-refractivity contribution < 1.29 is 37.4 Å². The molecule has 0 saturated carbocycles. The first-order valence-corrected chi connectivity index (χ1v) is 12.0. The Morgan fingerprint density at radius 3 is 2.32 bits per heavy atom. The van der Waals surface area contributed by atoms with Gasteiger partial charge in [0.1, 0.15) is 18.3 Å². The first kappa shape index (κ1) is 27.0. The molecule has 1 aromatic carbocycles. The highest BCUT2D eigenvalue weighted by Crippen LogP contribution is 2.36. The third-order valence-electron chi connectivity index (χ3n) is 5.02. The lowest BCUT2D eigenvalue weighted by molar-refractivity contribution is -0.151. The number of carbonyl (C=O) groups is 4. The Bertz CT molecular complexity index is 1120. The van der Waals surface area contributed by atoms with Crippen LogP contribution in [0.3, 0.4) is 0 Å². The Hall–Kier alpha value is -3.29. The molecule has 0 unspecified atom stereocenters. The van der Waals surface area contributed by atoms with E-state index in [1.54, 1.807) is 24.3 Å². The molecule has 1 aromatic rings. The monoisotopic (exact) mass is 496 g/mol. The quantitative estimate of drug-likeness (QED) is 0.256. The van der Waals surface area contributed by atoms with Gasteiger partial charge in [-0.25, -0.2) is 13.2 Å². The molecule has 1 saturated heterocycles. The first-order valence-electron chi connectivity index (χ1n) is 10.3. The maximum atomic E-state index is 12.7. The van der Waals surface area contributed by atoms with Gasteiger partial charge in [0.2, 0.25) is 5.91 Å². The van der Waals surface area contributed by atoms with Gasteiger partial charge in [-0.2, -0.15) is 0 Å². The SMILES string of the molecule is CC(=O)OCC1=C(C(=O)O)N2C(=O)[C@H](NC(=O)Cc3ccccc3CN)[C@@H]2S(=O)(=O)C1.CNC. The number of esters is 1. The van der Waals surface area contributed by atoms with Crippen LogP contribution in [-0.4, -0.2) is 80.0 Å². The number of aliphatic carboxylic acids is 1. The van der Waals surface area contributed by atoms with Gasteiger partial charge < -0.3 is 26.2 Å². The molecule has 13 heteroatoms. The van der Waals surface area contributed by atoms with E-state index in [1.165, 1.54) is 0 Å². The highest BCUT2D eigenvalue weighted by Gasteiger charge is 2.60. The van der Waals surface area contributed by atoms with Crippen molar-refractivity contribution in [1.29, 1.82) is 0 Å². The van der Waals surface area contributed by atoms with E-state index in [9.17, 15) is 32.7 Å². The molecular weight excluding hydrogens is 468 g/mol. The molecule has 34 heavy (non-hydrogen) atoms. The van der Waals surface area contributed by atoms with Crippen LogP contribution in [0.15, 0.2) is 35.5 Å². The fourth-order valence-corrected chi connectivity index (χ4v) is 5.66. The summed E-state index contributed by atoms with van der Waals surface area (Å²) in [6, 6.07) is 5.52. The van der Waals surface area contributed by atoms with Crippen LogP contribution >= 0.6 is 0 Å². The second-order valence-electron chi connectivity index (χ2n) is 7.64. The standard InChI is InChI=1S/C19H21N3O8S.C2H7N/c1-10(23)30-8-13-9-31(28,29)18-15(17(25)22(18)16(13)19(26)27)21-14(24)6-11-4-2-3-5-12(11)7-20;1-3-2/h2-5,15,18H,6-9,20H2,1H3,(H,21,24)(H,26,27);3H,1-2H3/t15-,18-;/m0./s1. The normalized spacial score (nSPS) is 20.4.